The number of benzene rings is 1. The van der Waals surface area contributed by atoms with Crippen molar-refractivity contribution < 1.29 is 4.79 Å². The van der Waals surface area contributed by atoms with Gasteiger partial charge in [-0.15, -0.1) is 0 Å². The fraction of sp³-hybridized carbons (Fsp3) is 0.250. The second-order valence-corrected chi connectivity index (χ2v) is 6.35. The number of hydrogen-bond acceptors (Lipinski definition) is 4. The van der Waals surface area contributed by atoms with E-state index in [1.54, 1.807) is 12.3 Å². The third-order valence-electron chi connectivity index (χ3n) is 4.18. The minimum atomic E-state index is -0.0872. The van der Waals surface area contributed by atoms with Gasteiger partial charge in [0, 0.05) is 36.5 Å². The number of carbonyl (C=O) groups is 1. The molecule has 128 valence electrons. The molecule has 0 radical (unpaired) electrons. The lowest BCUT2D eigenvalue weighted by Crippen LogP contribution is -2.30. The lowest BCUT2D eigenvalue weighted by molar-refractivity contribution is -0.116. The molecule has 0 saturated carbocycles. The number of amides is 1. The summed E-state index contributed by atoms with van der Waals surface area (Å²) < 4.78 is 0. The average Bonchev–Trinajstić information content (AvgIpc) is 2.54. The van der Waals surface area contributed by atoms with Crippen molar-refractivity contribution in [3.63, 3.8) is 0 Å². The molecule has 1 aromatic carbocycles. The van der Waals surface area contributed by atoms with Crippen molar-refractivity contribution >= 4 is 11.6 Å². The topological polar surface area (TPSA) is 66.9 Å². The normalized spacial score (nSPS) is 13.9. The zero-order chi connectivity index (χ0) is 18.0. The van der Waals surface area contributed by atoms with Gasteiger partial charge in [0.15, 0.2) is 5.82 Å². The van der Waals surface area contributed by atoms with Gasteiger partial charge in [-0.05, 0) is 38.0 Å². The molecule has 0 bridgehead atoms. The molecule has 1 aromatic heterocycles. The van der Waals surface area contributed by atoms with E-state index in [0.717, 1.165) is 34.5 Å². The van der Waals surface area contributed by atoms with Crippen molar-refractivity contribution in [2.45, 2.75) is 27.2 Å². The standard InChI is InChI=1S/C20H22N4O/c1-12-9-13(2)19(14(3)10-12)20-22-8-6-17(24-20)15(4)23-16-5-7-21-18(25)11-16/h6,8-11,23H,4-5,7H2,1-3H3,(H,21,25). The molecule has 0 unspecified atom stereocenters. The molecule has 2 N–H and O–H groups in total. The maximum atomic E-state index is 11.5. The molecule has 0 spiro atoms. The number of hydrogen-bond donors (Lipinski definition) is 2. The second-order valence-electron chi connectivity index (χ2n) is 6.35. The number of nitrogens with zero attached hydrogens (tertiary/aromatic N) is 2. The van der Waals surface area contributed by atoms with Gasteiger partial charge in [0.05, 0.1) is 11.4 Å². The first-order valence-corrected chi connectivity index (χ1v) is 8.30. The van der Waals surface area contributed by atoms with E-state index >= 15 is 0 Å². The van der Waals surface area contributed by atoms with Crippen LogP contribution in [0.25, 0.3) is 17.1 Å². The van der Waals surface area contributed by atoms with Crippen LogP contribution < -0.4 is 10.6 Å². The Morgan fingerprint density at radius 1 is 1.24 bits per heavy atom. The smallest absolute Gasteiger partial charge is 0.245 e. The van der Waals surface area contributed by atoms with Crippen LogP contribution in [0.2, 0.25) is 0 Å². The number of nitrogens with one attached hydrogen (secondary N) is 2. The molecule has 5 heteroatoms. The number of rotatable bonds is 4. The van der Waals surface area contributed by atoms with Crippen molar-refractivity contribution in [1.82, 2.24) is 20.6 Å². The summed E-state index contributed by atoms with van der Waals surface area (Å²) in [4.78, 5) is 20.6. The van der Waals surface area contributed by atoms with E-state index in [4.69, 9.17) is 0 Å². The summed E-state index contributed by atoms with van der Waals surface area (Å²) in [5, 5.41) is 5.96. The fourth-order valence-corrected chi connectivity index (χ4v) is 3.14. The van der Waals surface area contributed by atoms with Crippen molar-refractivity contribution in [2.24, 2.45) is 0 Å². The van der Waals surface area contributed by atoms with Crippen LogP contribution in [0.4, 0.5) is 0 Å². The quantitative estimate of drug-likeness (QED) is 0.902. The molecule has 1 amide bonds. The molecule has 25 heavy (non-hydrogen) atoms. The van der Waals surface area contributed by atoms with E-state index in [0.29, 0.717) is 18.1 Å². The Morgan fingerprint density at radius 3 is 2.64 bits per heavy atom. The van der Waals surface area contributed by atoms with Gasteiger partial charge in [-0.2, -0.15) is 0 Å². The van der Waals surface area contributed by atoms with E-state index in [-0.39, 0.29) is 5.91 Å². The maximum absolute atomic E-state index is 11.5. The molecule has 0 atom stereocenters. The van der Waals surface area contributed by atoms with Crippen LogP contribution in [0.1, 0.15) is 28.8 Å². The van der Waals surface area contributed by atoms with Crippen LogP contribution in [-0.2, 0) is 4.79 Å². The summed E-state index contributed by atoms with van der Waals surface area (Å²) in [7, 11) is 0. The third kappa shape index (κ3) is 3.76. The van der Waals surface area contributed by atoms with Gasteiger partial charge in [-0.3, -0.25) is 4.79 Å². The SMILES string of the molecule is C=C(NC1=CC(=O)NCC1)c1ccnc(-c2c(C)cc(C)cc2C)n1. The summed E-state index contributed by atoms with van der Waals surface area (Å²) in [6, 6.07) is 6.09. The molecule has 0 saturated heterocycles. The molecule has 1 aliphatic rings. The van der Waals surface area contributed by atoms with Gasteiger partial charge in [-0.25, -0.2) is 9.97 Å². The first-order chi connectivity index (χ1) is 11.9. The van der Waals surface area contributed by atoms with E-state index in [1.807, 2.05) is 6.07 Å². The van der Waals surface area contributed by atoms with Crippen LogP contribution in [0.3, 0.4) is 0 Å². The summed E-state index contributed by atoms with van der Waals surface area (Å²) >= 11 is 0. The number of aromatic nitrogens is 2. The van der Waals surface area contributed by atoms with E-state index in [2.05, 4.69) is 60.1 Å². The molecular formula is C20H22N4O. The van der Waals surface area contributed by atoms with Gasteiger partial charge in [0.1, 0.15) is 0 Å². The first kappa shape index (κ1) is 16.9. The molecule has 3 rings (SSSR count). The van der Waals surface area contributed by atoms with Crippen LogP contribution in [0.15, 0.2) is 42.7 Å². The Hall–Kier alpha value is -2.95. The monoisotopic (exact) mass is 334 g/mol. The van der Waals surface area contributed by atoms with Crippen molar-refractivity contribution in [2.75, 3.05) is 6.54 Å². The third-order valence-corrected chi connectivity index (χ3v) is 4.18. The van der Waals surface area contributed by atoms with Gasteiger partial charge < -0.3 is 10.6 Å². The van der Waals surface area contributed by atoms with Crippen molar-refractivity contribution in [3.05, 3.63) is 65.1 Å². The van der Waals surface area contributed by atoms with Crippen LogP contribution >= 0.6 is 0 Å². The highest BCUT2D eigenvalue weighted by atomic mass is 16.1. The van der Waals surface area contributed by atoms with Gasteiger partial charge >= 0.3 is 0 Å². The molecule has 2 aromatic rings. The highest BCUT2D eigenvalue weighted by Gasteiger charge is 2.13. The summed E-state index contributed by atoms with van der Waals surface area (Å²) in [6.45, 7) is 10.9. The molecule has 2 heterocycles. The van der Waals surface area contributed by atoms with Crippen LogP contribution in [0, 0.1) is 20.8 Å². The van der Waals surface area contributed by atoms with Crippen molar-refractivity contribution in [1.29, 1.82) is 0 Å². The molecule has 5 nitrogen and oxygen atoms in total. The number of aryl methyl sites for hydroxylation is 3. The maximum Gasteiger partial charge on any atom is 0.245 e. The fourth-order valence-electron chi connectivity index (χ4n) is 3.14. The minimum absolute atomic E-state index is 0.0872. The predicted molar refractivity (Wildman–Crippen MR) is 99.6 cm³/mol. The van der Waals surface area contributed by atoms with E-state index < -0.39 is 0 Å². The van der Waals surface area contributed by atoms with Crippen LogP contribution in [0.5, 0.6) is 0 Å². The summed E-state index contributed by atoms with van der Waals surface area (Å²) in [5.74, 6) is 0.599. The average molecular weight is 334 g/mol. The summed E-state index contributed by atoms with van der Waals surface area (Å²) in [6.07, 6.45) is 4.05. The molecular weight excluding hydrogens is 312 g/mol. The van der Waals surface area contributed by atoms with E-state index in [1.165, 1.54) is 5.56 Å². The Kier molecular flexibility index (Phi) is 4.65. The zero-order valence-electron chi connectivity index (χ0n) is 14.8. The van der Waals surface area contributed by atoms with Crippen molar-refractivity contribution in [3.8, 4) is 11.4 Å². The lowest BCUT2D eigenvalue weighted by Gasteiger charge is -2.17. The molecule has 0 aliphatic carbocycles. The van der Waals surface area contributed by atoms with Gasteiger partial charge in [-0.1, -0.05) is 24.3 Å². The van der Waals surface area contributed by atoms with Gasteiger partial charge in [0.2, 0.25) is 5.91 Å². The zero-order valence-corrected chi connectivity index (χ0v) is 14.8. The predicted octanol–water partition coefficient (Wildman–Crippen LogP) is 3.03. The van der Waals surface area contributed by atoms with Crippen LogP contribution in [-0.4, -0.2) is 22.4 Å². The van der Waals surface area contributed by atoms with Gasteiger partial charge in [0.25, 0.3) is 0 Å². The molecule has 1 aliphatic heterocycles. The summed E-state index contributed by atoms with van der Waals surface area (Å²) in [5.41, 5.74) is 6.81. The largest absolute Gasteiger partial charge is 0.357 e. The van der Waals surface area contributed by atoms with E-state index in [9.17, 15) is 4.79 Å². The number of carbonyl (C=O) groups excluding carboxylic acids is 1. The molecule has 0 fully saturated rings. The Morgan fingerprint density at radius 2 is 1.96 bits per heavy atom. The lowest BCUT2D eigenvalue weighted by atomic mass is 9.99. The second kappa shape index (κ2) is 6.89. The Bertz CT molecular complexity index is 860. The highest BCUT2D eigenvalue weighted by Crippen LogP contribution is 2.26. The highest BCUT2D eigenvalue weighted by molar-refractivity contribution is 5.89. The Balaban J connectivity index is 1.89. The Labute approximate surface area is 147 Å². The first-order valence-electron chi connectivity index (χ1n) is 8.30. The minimum Gasteiger partial charge on any atom is -0.357 e.